The normalized spacial score (nSPS) is 14.2. The first-order valence-electron chi connectivity index (χ1n) is 6.44. The molecule has 1 aliphatic rings. The van der Waals surface area contributed by atoms with Gasteiger partial charge >= 0.3 is 0 Å². The maximum atomic E-state index is 13.8. The predicted molar refractivity (Wildman–Crippen MR) is 80.9 cm³/mol. The van der Waals surface area contributed by atoms with Gasteiger partial charge in [0, 0.05) is 23.5 Å². The summed E-state index contributed by atoms with van der Waals surface area (Å²) in [4.78, 5) is 8.89. The number of halogens is 2. The van der Waals surface area contributed by atoms with Crippen LogP contribution in [0.25, 0.3) is 0 Å². The van der Waals surface area contributed by atoms with Gasteiger partial charge in [-0.3, -0.25) is 0 Å². The van der Waals surface area contributed by atoms with Crippen LogP contribution >= 0.6 is 15.9 Å². The van der Waals surface area contributed by atoms with Crippen molar-refractivity contribution in [1.29, 1.82) is 0 Å². The fourth-order valence-corrected chi connectivity index (χ4v) is 2.24. The summed E-state index contributed by atoms with van der Waals surface area (Å²) in [5.41, 5.74) is 0.399. The second-order valence-corrected chi connectivity index (χ2v) is 5.69. The minimum atomic E-state index is -0.322. The Morgan fingerprint density at radius 3 is 2.60 bits per heavy atom. The van der Waals surface area contributed by atoms with Crippen LogP contribution in [0.4, 0.5) is 21.7 Å². The second-order valence-electron chi connectivity index (χ2n) is 4.77. The van der Waals surface area contributed by atoms with Crippen molar-refractivity contribution in [2.45, 2.75) is 18.8 Å². The first kappa shape index (κ1) is 13.3. The molecule has 3 rings (SSSR count). The Bertz CT molecular complexity index is 643. The van der Waals surface area contributed by atoms with E-state index in [2.05, 4.69) is 36.5 Å². The topological polar surface area (TPSA) is 49.8 Å². The quantitative estimate of drug-likeness (QED) is 0.884. The van der Waals surface area contributed by atoms with Crippen LogP contribution in [0.2, 0.25) is 0 Å². The van der Waals surface area contributed by atoms with Crippen molar-refractivity contribution < 1.29 is 4.39 Å². The van der Waals surface area contributed by atoms with Gasteiger partial charge in [0.15, 0.2) is 0 Å². The molecular weight excluding hydrogens is 323 g/mol. The maximum absolute atomic E-state index is 13.8. The molecule has 104 valence electrons. The first-order valence-corrected chi connectivity index (χ1v) is 7.24. The molecule has 1 aromatic carbocycles. The van der Waals surface area contributed by atoms with Gasteiger partial charge in [-0.2, -0.15) is 0 Å². The lowest BCUT2D eigenvalue weighted by atomic mass is 10.3. The van der Waals surface area contributed by atoms with Crippen molar-refractivity contribution in [1.82, 2.24) is 9.97 Å². The van der Waals surface area contributed by atoms with Crippen LogP contribution in [-0.2, 0) is 0 Å². The molecule has 2 aromatic rings. The molecule has 0 spiro atoms. The van der Waals surface area contributed by atoms with E-state index in [4.69, 9.17) is 0 Å². The van der Waals surface area contributed by atoms with E-state index >= 15 is 0 Å². The van der Waals surface area contributed by atoms with Gasteiger partial charge in [0.2, 0.25) is 0 Å². The number of nitrogens with one attached hydrogen (secondary N) is 2. The summed E-state index contributed by atoms with van der Waals surface area (Å²) in [6.07, 6.45) is 2.25. The number of rotatable bonds is 4. The van der Waals surface area contributed by atoms with Crippen molar-refractivity contribution in [2.24, 2.45) is 0 Å². The van der Waals surface area contributed by atoms with Crippen LogP contribution in [0.1, 0.15) is 24.6 Å². The number of hydrogen-bond acceptors (Lipinski definition) is 4. The van der Waals surface area contributed by atoms with E-state index in [9.17, 15) is 4.39 Å². The van der Waals surface area contributed by atoms with Crippen molar-refractivity contribution in [3.05, 3.63) is 40.4 Å². The average molecular weight is 337 g/mol. The molecule has 0 bridgehead atoms. The molecule has 0 saturated heterocycles. The lowest BCUT2D eigenvalue weighted by Gasteiger charge is -2.10. The van der Waals surface area contributed by atoms with Crippen LogP contribution in [0.3, 0.4) is 0 Å². The third-order valence-corrected chi connectivity index (χ3v) is 3.63. The van der Waals surface area contributed by atoms with Crippen LogP contribution < -0.4 is 10.6 Å². The summed E-state index contributed by atoms with van der Waals surface area (Å²) in [6.45, 7) is 0. The minimum absolute atomic E-state index is 0.322. The molecule has 0 radical (unpaired) electrons. The van der Waals surface area contributed by atoms with Gasteiger partial charge in [-0.15, -0.1) is 0 Å². The van der Waals surface area contributed by atoms with Crippen molar-refractivity contribution in [3.8, 4) is 0 Å². The summed E-state index contributed by atoms with van der Waals surface area (Å²) in [7, 11) is 1.81. The largest absolute Gasteiger partial charge is 0.373 e. The summed E-state index contributed by atoms with van der Waals surface area (Å²) in [6, 6.07) is 6.66. The molecule has 0 atom stereocenters. The van der Waals surface area contributed by atoms with Gasteiger partial charge in [-0.05, 0) is 31.0 Å². The molecule has 1 saturated carbocycles. The zero-order chi connectivity index (χ0) is 14.1. The van der Waals surface area contributed by atoms with Gasteiger partial charge in [0.05, 0.1) is 5.69 Å². The fraction of sp³-hybridized carbons (Fsp3) is 0.286. The molecule has 0 aliphatic heterocycles. The second kappa shape index (κ2) is 5.36. The highest BCUT2D eigenvalue weighted by Crippen LogP contribution is 2.39. The smallest absolute Gasteiger partial charge is 0.147 e. The van der Waals surface area contributed by atoms with E-state index < -0.39 is 0 Å². The van der Waals surface area contributed by atoms with Crippen molar-refractivity contribution in [2.75, 3.05) is 17.7 Å². The molecule has 1 aromatic heterocycles. The average Bonchev–Trinajstić information content (AvgIpc) is 3.26. The van der Waals surface area contributed by atoms with Crippen LogP contribution in [-0.4, -0.2) is 17.0 Å². The summed E-state index contributed by atoms with van der Waals surface area (Å²) in [5, 5.41) is 6.02. The molecule has 2 N–H and O–H groups in total. The zero-order valence-electron chi connectivity index (χ0n) is 11.0. The number of nitrogens with zero attached hydrogens (tertiary/aromatic N) is 2. The Balaban J connectivity index is 1.91. The summed E-state index contributed by atoms with van der Waals surface area (Å²) in [5.74, 6) is 2.28. The maximum Gasteiger partial charge on any atom is 0.147 e. The Hall–Kier alpha value is -1.69. The zero-order valence-corrected chi connectivity index (χ0v) is 12.5. The first-order chi connectivity index (χ1) is 9.65. The Labute approximate surface area is 125 Å². The van der Waals surface area contributed by atoms with Gasteiger partial charge in [0.1, 0.15) is 23.3 Å². The van der Waals surface area contributed by atoms with Gasteiger partial charge < -0.3 is 10.6 Å². The molecule has 20 heavy (non-hydrogen) atoms. The molecular formula is C14H14BrFN4. The minimum Gasteiger partial charge on any atom is -0.373 e. The van der Waals surface area contributed by atoms with E-state index in [1.165, 1.54) is 6.07 Å². The summed E-state index contributed by atoms with van der Waals surface area (Å²) < 4.78 is 14.5. The highest BCUT2D eigenvalue weighted by molar-refractivity contribution is 9.10. The Morgan fingerprint density at radius 1 is 1.20 bits per heavy atom. The van der Waals surface area contributed by atoms with Gasteiger partial charge in [0.25, 0.3) is 0 Å². The Morgan fingerprint density at radius 2 is 1.95 bits per heavy atom. The van der Waals surface area contributed by atoms with Crippen LogP contribution in [0.15, 0.2) is 28.7 Å². The standard InChI is InChI=1S/C14H14BrFN4/c1-17-12-7-13(20-14(19-12)8-2-3-8)18-11-5-4-9(15)6-10(11)16/h4-8H,2-3H2,1H3,(H2,17,18,19,20). The van der Waals surface area contributed by atoms with E-state index in [0.29, 0.717) is 21.9 Å². The number of aromatic nitrogens is 2. The molecule has 0 unspecified atom stereocenters. The fourth-order valence-electron chi connectivity index (χ4n) is 1.91. The third kappa shape index (κ3) is 2.90. The highest BCUT2D eigenvalue weighted by atomic mass is 79.9. The lowest BCUT2D eigenvalue weighted by molar-refractivity contribution is 0.631. The SMILES string of the molecule is CNc1cc(Nc2ccc(Br)cc2F)nc(C2CC2)n1. The summed E-state index contributed by atoms with van der Waals surface area (Å²) >= 11 is 3.24. The third-order valence-electron chi connectivity index (χ3n) is 3.14. The lowest BCUT2D eigenvalue weighted by Crippen LogP contribution is -2.03. The molecule has 1 heterocycles. The molecule has 6 heteroatoms. The van der Waals surface area contributed by atoms with Crippen LogP contribution in [0.5, 0.6) is 0 Å². The predicted octanol–water partition coefficient (Wildman–Crippen LogP) is 4.04. The number of benzene rings is 1. The van der Waals surface area contributed by atoms with Crippen LogP contribution in [0, 0.1) is 5.82 Å². The van der Waals surface area contributed by atoms with Gasteiger partial charge in [-0.1, -0.05) is 15.9 Å². The highest BCUT2D eigenvalue weighted by Gasteiger charge is 2.27. The molecule has 0 amide bonds. The molecule has 1 fully saturated rings. The van der Waals surface area contributed by atoms with Crippen molar-refractivity contribution in [3.63, 3.8) is 0 Å². The monoisotopic (exact) mass is 336 g/mol. The van der Waals surface area contributed by atoms with E-state index in [-0.39, 0.29) is 5.82 Å². The van der Waals surface area contributed by atoms with Crippen molar-refractivity contribution >= 4 is 33.3 Å². The van der Waals surface area contributed by atoms with E-state index in [1.54, 1.807) is 18.2 Å². The van der Waals surface area contributed by atoms with Gasteiger partial charge in [-0.25, -0.2) is 14.4 Å². The number of hydrogen-bond donors (Lipinski definition) is 2. The van der Waals surface area contributed by atoms with E-state index in [0.717, 1.165) is 24.5 Å². The molecule has 4 nitrogen and oxygen atoms in total. The van der Waals surface area contributed by atoms with E-state index in [1.807, 2.05) is 7.05 Å². The Kier molecular flexibility index (Phi) is 3.56. The number of anilines is 3. The molecule has 1 aliphatic carbocycles.